The molecule has 1 aromatic rings. The van der Waals surface area contributed by atoms with Crippen molar-refractivity contribution >= 4 is 15.7 Å². The van der Waals surface area contributed by atoms with Crippen molar-refractivity contribution in [2.45, 2.75) is 23.7 Å². The Labute approximate surface area is 116 Å². The zero-order chi connectivity index (χ0) is 15.0. The maximum atomic E-state index is 13.1. The second-order valence-corrected chi connectivity index (χ2v) is 6.58. The Hall–Kier alpha value is -1.41. The minimum Gasteiger partial charge on any atom is -0.495 e. The van der Waals surface area contributed by atoms with Gasteiger partial charge < -0.3 is 10.5 Å². The lowest BCUT2D eigenvalue weighted by atomic mass is 10.1. The third kappa shape index (κ3) is 2.85. The van der Waals surface area contributed by atoms with Gasteiger partial charge in [-0.3, -0.25) is 0 Å². The van der Waals surface area contributed by atoms with Gasteiger partial charge in [-0.15, -0.1) is 0 Å². The number of ether oxygens (including phenoxy) is 1. The Balaban J connectivity index is 2.32. The molecule has 2 rings (SSSR count). The molecule has 0 aromatic heterocycles. The van der Waals surface area contributed by atoms with E-state index in [0.29, 0.717) is 5.69 Å². The molecule has 20 heavy (non-hydrogen) atoms. The van der Waals surface area contributed by atoms with E-state index in [2.05, 4.69) is 0 Å². The molecule has 1 aliphatic rings. The number of anilines is 1. The van der Waals surface area contributed by atoms with Crippen LogP contribution in [0.2, 0.25) is 0 Å². The normalized spacial score (nSPS) is 19.8. The van der Waals surface area contributed by atoms with Crippen molar-refractivity contribution in [3.8, 4) is 5.75 Å². The quantitative estimate of drug-likeness (QED) is 0.863. The number of hydrogen-bond acceptors (Lipinski definition) is 4. The van der Waals surface area contributed by atoms with Gasteiger partial charge in [0.2, 0.25) is 10.0 Å². The van der Waals surface area contributed by atoms with Crippen molar-refractivity contribution in [2.24, 2.45) is 0 Å². The number of rotatable bonds is 3. The van der Waals surface area contributed by atoms with Gasteiger partial charge >= 0.3 is 0 Å². The summed E-state index contributed by atoms with van der Waals surface area (Å²) < 4.78 is 57.2. The summed E-state index contributed by atoms with van der Waals surface area (Å²) >= 11 is 0. The van der Waals surface area contributed by atoms with E-state index in [9.17, 15) is 17.2 Å². The summed E-state index contributed by atoms with van der Waals surface area (Å²) in [6.07, 6.45) is -0.937. The highest BCUT2D eigenvalue weighted by Gasteiger charge is 2.39. The van der Waals surface area contributed by atoms with Crippen LogP contribution in [-0.4, -0.2) is 38.8 Å². The lowest BCUT2D eigenvalue weighted by Gasteiger charge is -2.31. The molecule has 0 spiro atoms. The minimum absolute atomic E-state index is 0.0561. The first-order valence-corrected chi connectivity index (χ1v) is 7.52. The van der Waals surface area contributed by atoms with E-state index in [1.54, 1.807) is 0 Å². The van der Waals surface area contributed by atoms with Crippen molar-refractivity contribution in [2.75, 3.05) is 25.9 Å². The van der Waals surface area contributed by atoms with Crippen LogP contribution in [0.25, 0.3) is 0 Å². The molecule has 0 amide bonds. The lowest BCUT2D eigenvalue weighted by Crippen LogP contribution is -2.42. The third-order valence-corrected chi connectivity index (χ3v) is 5.20. The zero-order valence-electron chi connectivity index (χ0n) is 11.0. The van der Waals surface area contributed by atoms with E-state index < -0.39 is 28.8 Å². The number of hydrogen-bond donors (Lipinski definition) is 1. The lowest BCUT2D eigenvalue weighted by molar-refractivity contribution is -0.0412. The fourth-order valence-electron chi connectivity index (χ4n) is 2.09. The van der Waals surface area contributed by atoms with Crippen LogP contribution in [0.1, 0.15) is 12.8 Å². The molecule has 1 saturated heterocycles. The van der Waals surface area contributed by atoms with Crippen LogP contribution < -0.4 is 10.5 Å². The number of nitrogens with zero attached hydrogens (tertiary/aromatic N) is 1. The molecule has 0 saturated carbocycles. The second kappa shape index (κ2) is 5.17. The highest BCUT2D eigenvalue weighted by molar-refractivity contribution is 7.89. The predicted octanol–water partition coefficient (Wildman–Crippen LogP) is 1.70. The third-order valence-electron chi connectivity index (χ3n) is 3.26. The monoisotopic (exact) mass is 306 g/mol. The van der Waals surface area contributed by atoms with E-state index in [-0.39, 0.29) is 23.7 Å². The molecule has 1 heterocycles. The summed E-state index contributed by atoms with van der Waals surface area (Å²) in [7, 11) is -2.52. The standard InChI is InChI=1S/C12H16F2N2O3S/c1-19-10-8-9(15)2-3-11(10)20(17,18)16-6-4-12(13,14)5-7-16/h2-3,8H,4-7,15H2,1H3. The summed E-state index contributed by atoms with van der Waals surface area (Å²) in [4.78, 5) is -0.0561. The first-order chi connectivity index (χ1) is 9.26. The molecule has 0 unspecified atom stereocenters. The molecule has 5 nitrogen and oxygen atoms in total. The number of benzene rings is 1. The van der Waals surface area contributed by atoms with Crippen LogP contribution in [0.15, 0.2) is 23.1 Å². The van der Waals surface area contributed by atoms with Gasteiger partial charge in [0.15, 0.2) is 0 Å². The first kappa shape index (κ1) is 15.0. The first-order valence-electron chi connectivity index (χ1n) is 6.08. The molecule has 0 radical (unpaired) electrons. The zero-order valence-corrected chi connectivity index (χ0v) is 11.8. The largest absolute Gasteiger partial charge is 0.495 e. The van der Waals surface area contributed by atoms with E-state index >= 15 is 0 Å². The van der Waals surface area contributed by atoms with E-state index in [0.717, 1.165) is 4.31 Å². The number of nitrogens with two attached hydrogens (primary N) is 1. The summed E-state index contributed by atoms with van der Waals surface area (Å²) in [5, 5.41) is 0. The average Bonchev–Trinajstić information content (AvgIpc) is 2.37. The van der Waals surface area contributed by atoms with Gasteiger partial charge in [-0.1, -0.05) is 0 Å². The van der Waals surface area contributed by atoms with Crippen LogP contribution in [0.5, 0.6) is 5.75 Å². The fraction of sp³-hybridized carbons (Fsp3) is 0.500. The average molecular weight is 306 g/mol. The molecule has 1 fully saturated rings. The van der Waals surface area contributed by atoms with Gasteiger partial charge in [0, 0.05) is 37.7 Å². The highest BCUT2D eigenvalue weighted by Crippen LogP contribution is 2.33. The maximum absolute atomic E-state index is 13.1. The maximum Gasteiger partial charge on any atom is 0.250 e. The Morgan fingerprint density at radius 3 is 2.45 bits per heavy atom. The van der Waals surface area contributed by atoms with Crippen molar-refractivity contribution in [3.63, 3.8) is 0 Å². The topological polar surface area (TPSA) is 72.6 Å². The van der Waals surface area contributed by atoms with E-state index in [1.165, 1.54) is 25.3 Å². The van der Waals surface area contributed by atoms with Gasteiger partial charge in [-0.25, -0.2) is 17.2 Å². The molecule has 1 aliphatic heterocycles. The Bertz CT molecular complexity index is 595. The Kier molecular flexibility index (Phi) is 3.88. The highest BCUT2D eigenvalue weighted by atomic mass is 32.2. The minimum atomic E-state index is -3.85. The van der Waals surface area contributed by atoms with Crippen LogP contribution in [0.3, 0.4) is 0 Å². The molecule has 0 atom stereocenters. The van der Waals surface area contributed by atoms with E-state index in [4.69, 9.17) is 10.5 Å². The van der Waals surface area contributed by atoms with Crippen LogP contribution in [-0.2, 0) is 10.0 Å². The molecule has 2 N–H and O–H groups in total. The number of sulfonamides is 1. The SMILES string of the molecule is COc1cc(N)ccc1S(=O)(=O)N1CCC(F)(F)CC1. The number of piperidine rings is 1. The van der Waals surface area contributed by atoms with Crippen LogP contribution >= 0.6 is 0 Å². The van der Waals surface area contributed by atoms with Gasteiger partial charge in [-0.2, -0.15) is 4.31 Å². The number of halogens is 2. The van der Waals surface area contributed by atoms with E-state index in [1.807, 2.05) is 0 Å². The van der Waals surface area contributed by atoms with Gasteiger partial charge in [0.1, 0.15) is 10.6 Å². The van der Waals surface area contributed by atoms with Crippen molar-refractivity contribution in [3.05, 3.63) is 18.2 Å². The summed E-state index contributed by atoms with van der Waals surface area (Å²) in [6, 6.07) is 4.16. The van der Waals surface area contributed by atoms with Gasteiger partial charge in [-0.05, 0) is 12.1 Å². The Morgan fingerprint density at radius 2 is 1.90 bits per heavy atom. The Morgan fingerprint density at radius 1 is 1.30 bits per heavy atom. The number of nitrogen functional groups attached to an aromatic ring is 1. The molecule has 8 heteroatoms. The summed E-state index contributed by atoms with van der Waals surface area (Å²) in [5.74, 6) is -2.68. The van der Waals surface area contributed by atoms with Crippen LogP contribution in [0.4, 0.5) is 14.5 Å². The predicted molar refractivity (Wildman–Crippen MR) is 70.3 cm³/mol. The number of alkyl halides is 2. The molecule has 112 valence electrons. The molecular formula is C12H16F2N2O3S. The molecule has 0 bridgehead atoms. The second-order valence-electron chi connectivity index (χ2n) is 4.67. The van der Waals surface area contributed by atoms with Gasteiger partial charge in [0.25, 0.3) is 5.92 Å². The molecular weight excluding hydrogens is 290 g/mol. The van der Waals surface area contributed by atoms with Crippen molar-refractivity contribution in [1.82, 2.24) is 4.31 Å². The van der Waals surface area contributed by atoms with Crippen molar-refractivity contribution in [1.29, 1.82) is 0 Å². The van der Waals surface area contributed by atoms with Crippen molar-refractivity contribution < 1.29 is 21.9 Å². The van der Waals surface area contributed by atoms with Gasteiger partial charge in [0.05, 0.1) is 7.11 Å². The molecule has 1 aromatic carbocycles. The molecule has 0 aliphatic carbocycles. The van der Waals surface area contributed by atoms with Crippen LogP contribution in [0, 0.1) is 0 Å². The summed E-state index contributed by atoms with van der Waals surface area (Å²) in [6.45, 7) is -0.411. The number of methoxy groups -OCH3 is 1. The summed E-state index contributed by atoms with van der Waals surface area (Å²) in [5.41, 5.74) is 5.94. The smallest absolute Gasteiger partial charge is 0.250 e. The fourth-order valence-corrected chi connectivity index (χ4v) is 3.67.